The lowest BCUT2D eigenvalue weighted by Crippen LogP contribution is -2.35. The summed E-state index contributed by atoms with van der Waals surface area (Å²) in [5, 5.41) is 3.28. The molecule has 0 radical (unpaired) electrons. The maximum Gasteiger partial charge on any atom is 0.262 e. The van der Waals surface area contributed by atoms with Crippen LogP contribution < -0.4 is 10.1 Å². The van der Waals surface area contributed by atoms with Crippen molar-refractivity contribution in [2.75, 3.05) is 25.0 Å². The largest absolute Gasteiger partial charge is 0.484 e. The Bertz CT molecular complexity index is 939. The minimum atomic E-state index is -3.47. The van der Waals surface area contributed by atoms with Crippen LogP contribution in [0.2, 0.25) is 5.02 Å². The van der Waals surface area contributed by atoms with E-state index in [1.54, 1.807) is 24.3 Å². The second-order valence-corrected chi connectivity index (χ2v) is 9.11. The van der Waals surface area contributed by atoms with Crippen molar-refractivity contribution in [3.05, 3.63) is 53.1 Å². The molecule has 1 heterocycles. The SMILES string of the molecule is Cc1ccc(Cl)cc1NC(=O)COc1ccc(S(=O)(=O)N2CCCCC2)cc1. The third-order valence-electron chi connectivity index (χ3n) is 4.62. The first kappa shape index (κ1) is 20.6. The number of carbonyl (C=O) groups is 1. The van der Waals surface area contributed by atoms with Gasteiger partial charge in [-0.15, -0.1) is 0 Å². The van der Waals surface area contributed by atoms with Crippen LogP contribution in [0.25, 0.3) is 0 Å². The van der Waals surface area contributed by atoms with Gasteiger partial charge in [-0.05, 0) is 61.7 Å². The Morgan fingerprint density at radius 2 is 1.79 bits per heavy atom. The molecular weight excluding hydrogens is 400 g/mol. The summed E-state index contributed by atoms with van der Waals surface area (Å²) in [6, 6.07) is 11.4. The van der Waals surface area contributed by atoms with Gasteiger partial charge in [0.05, 0.1) is 4.90 Å². The number of nitrogens with zero attached hydrogens (tertiary/aromatic N) is 1. The molecule has 6 nitrogen and oxygen atoms in total. The van der Waals surface area contributed by atoms with Crippen LogP contribution in [-0.4, -0.2) is 38.3 Å². The Morgan fingerprint density at radius 1 is 1.11 bits per heavy atom. The average molecular weight is 423 g/mol. The van der Waals surface area contributed by atoms with Gasteiger partial charge in [0.1, 0.15) is 5.75 Å². The number of sulfonamides is 1. The molecule has 0 unspecified atom stereocenters. The number of hydrogen-bond acceptors (Lipinski definition) is 4. The minimum absolute atomic E-state index is 0.190. The van der Waals surface area contributed by atoms with Crippen LogP contribution in [0.1, 0.15) is 24.8 Å². The first-order valence-corrected chi connectivity index (χ1v) is 11.0. The fourth-order valence-corrected chi connectivity index (χ4v) is 4.72. The summed E-state index contributed by atoms with van der Waals surface area (Å²) in [6.07, 6.45) is 2.85. The van der Waals surface area contributed by atoms with Crippen LogP contribution in [0.4, 0.5) is 5.69 Å². The van der Waals surface area contributed by atoms with Crippen molar-refractivity contribution in [3.63, 3.8) is 0 Å². The van der Waals surface area contributed by atoms with Crippen molar-refractivity contribution in [1.29, 1.82) is 0 Å². The number of hydrogen-bond donors (Lipinski definition) is 1. The fraction of sp³-hybridized carbons (Fsp3) is 0.350. The maximum atomic E-state index is 12.6. The lowest BCUT2D eigenvalue weighted by atomic mass is 10.2. The van der Waals surface area contributed by atoms with E-state index in [-0.39, 0.29) is 17.4 Å². The maximum absolute atomic E-state index is 12.6. The topological polar surface area (TPSA) is 75.7 Å². The molecule has 1 fully saturated rings. The third kappa shape index (κ3) is 5.04. The van der Waals surface area contributed by atoms with Gasteiger partial charge < -0.3 is 10.1 Å². The van der Waals surface area contributed by atoms with E-state index in [1.165, 1.54) is 16.4 Å². The molecule has 150 valence electrons. The van der Waals surface area contributed by atoms with E-state index in [2.05, 4.69) is 5.32 Å². The van der Waals surface area contributed by atoms with Crippen molar-refractivity contribution in [3.8, 4) is 5.75 Å². The molecule has 0 bridgehead atoms. The predicted molar refractivity (Wildman–Crippen MR) is 109 cm³/mol. The second-order valence-electron chi connectivity index (χ2n) is 6.73. The molecule has 0 spiro atoms. The lowest BCUT2D eigenvalue weighted by Gasteiger charge is -2.25. The normalized spacial score (nSPS) is 15.2. The van der Waals surface area contributed by atoms with Gasteiger partial charge in [0.15, 0.2) is 6.61 Å². The lowest BCUT2D eigenvalue weighted by molar-refractivity contribution is -0.118. The number of halogens is 1. The summed E-state index contributed by atoms with van der Waals surface area (Å²) in [4.78, 5) is 12.3. The van der Waals surface area contributed by atoms with Gasteiger partial charge in [-0.25, -0.2) is 8.42 Å². The second kappa shape index (κ2) is 8.94. The summed E-state index contributed by atoms with van der Waals surface area (Å²) in [5.74, 6) is 0.103. The van der Waals surface area contributed by atoms with E-state index in [4.69, 9.17) is 16.3 Å². The molecule has 1 amide bonds. The van der Waals surface area contributed by atoms with Crippen LogP contribution in [-0.2, 0) is 14.8 Å². The zero-order chi connectivity index (χ0) is 20.1. The molecule has 1 aliphatic rings. The first-order chi connectivity index (χ1) is 13.4. The smallest absolute Gasteiger partial charge is 0.262 e. The summed E-state index contributed by atoms with van der Waals surface area (Å²) in [5.41, 5.74) is 1.52. The zero-order valence-corrected chi connectivity index (χ0v) is 17.2. The molecule has 1 N–H and O–H groups in total. The molecule has 28 heavy (non-hydrogen) atoms. The van der Waals surface area contributed by atoms with Crippen molar-refractivity contribution in [2.45, 2.75) is 31.1 Å². The van der Waals surface area contributed by atoms with Gasteiger partial charge in [0.2, 0.25) is 10.0 Å². The zero-order valence-electron chi connectivity index (χ0n) is 15.7. The molecule has 0 aliphatic carbocycles. The Morgan fingerprint density at radius 3 is 2.46 bits per heavy atom. The number of ether oxygens (including phenoxy) is 1. The van der Waals surface area contributed by atoms with Crippen LogP contribution in [0.5, 0.6) is 5.75 Å². The summed E-state index contributed by atoms with van der Waals surface area (Å²) in [6.45, 7) is 2.80. The average Bonchev–Trinajstić information content (AvgIpc) is 2.70. The van der Waals surface area contributed by atoms with E-state index >= 15 is 0 Å². The van der Waals surface area contributed by atoms with Crippen molar-refractivity contribution >= 4 is 33.2 Å². The highest BCUT2D eigenvalue weighted by Crippen LogP contribution is 2.23. The van der Waals surface area contributed by atoms with Gasteiger partial charge >= 0.3 is 0 Å². The quantitative estimate of drug-likeness (QED) is 0.767. The fourth-order valence-electron chi connectivity index (χ4n) is 3.03. The summed E-state index contributed by atoms with van der Waals surface area (Å²) >= 11 is 5.95. The molecule has 2 aromatic carbocycles. The highest BCUT2D eigenvalue weighted by molar-refractivity contribution is 7.89. The number of benzene rings is 2. The van der Waals surface area contributed by atoms with E-state index in [1.807, 2.05) is 13.0 Å². The van der Waals surface area contributed by atoms with Gasteiger partial charge in [-0.3, -0.25) is 4.79 Å². The number of carbonyl (C=O) groups excluding carboxylic acids is 1. The number of amides is 1. The molecule has 1 aliphatic heterocycles. The molecule has 0 atom stereocenters. The van der Waals surface area contributed by atoms with Gasteiger partial charge in [-0.2, -0.15) is 4.31 Å². The standard InChI is InChI=1S/C20H23ClN2O4S/c1-15-5-6-16(21)13-19(15)22-20(24)14-27-17-7-9-18(10-8-17)28(25,26)23-11-3-2-4-12-23/h5-10,13H,2-4,11-12,14H2,1H3,(H,22,24). The summed E-state index contributed by atoms with van der Waals surface area (Å²) in [7, 11) is -3.47. The summed E-state index contributed by atoms with van der Waals surface area (Å²) < 4.78 is 32.3. The number of rotatable bonds is 6. The number of anilines is 1. The molecular formula is C20H23ClN2O4S. The number of nitrogens with one attached hydrogen (secondary N) is 1. The van der Waals surface area contributed by atoms with Crippen molar-refractivity contribution in [1.82, 2.24) is 4.31 Å². The van der Waals surface area contributed by atoms with E-state index in [9.17, 15) is 13.2 Å². The number of aryl methyl sites for hydroxylation is 1. The van der Waals surface area contributed by atoms with Crippen LogP contribution in [0.3, 0.4) is 0 Å². The Labute approximate surface area is 170 Å². The van der Waals surface area contributed by atoms with Crippen LogP contribution in [0.15, 0.2) is 47.4 Å². The monoisotopic (exact) mass is 422 g/mol. The van der Waals surface area contributed by atoms with E-state index in [0.717, 1.165) is 24.8 Å². The number of piperidine rings is 1. The Kier molecular flexibility index (Phi) is 6.59. The molecule has 0 aromatic heterocycles. The van der Waals surface area contributed by atoms with E-state index in [0.29, 0.717) is 29.5 Å². The molecule has 8 heteroatoms. The molecule has 2 aromatic rings. The van der Waals surface area contributed by atoms with Gasteiger partial charge in [0, 0.05) is 23.8 Å². The van der Waals surface area contributed by atoms with Crippen LogP contribution in [0, 0.1) is 6.92 Å². The van der Waals surface area contributed by atoms with Crippen LogP contribution >= 0.6 is 11.6 Å². The van der Waals surface area contributed by atoms with Gasteiger partial charge in [-0.1, -0.05) is 24.1 Å². The third-order valence-corrected chi connectivity index (χ3v) is 6.77. The highest BCUT2D eigenvalue weighted by Gasteiger charge is 2.25. The predicted octanol–water partition coefficient (Wildman–Crippen LogP) is 3.84. The van der Waals surface area contributed by atoms with Crippen molar-refractivity contribution < 1.29 is 17.9 Å². The molecule has 1 saturated heterocycles. The first-order valence-electron chi connectivity index (χ1n) is 9.15. The van der Waals surface area contributed by atoms with Gasteiger partial charge in [0.25, 0.3) is 5.91 Å². The Balaban J connectivity index is 1.58. The highest BCUT2D eigenvalue weighted by atomic mass is 35.5. The Hall–Kier alpha value is -2.09. The molecule has 0 saturated carbocycles. The molecule has 3 rings (SSSR count). The van der Waals surface area contributed by atoms with Crippen molar-refractivity contribution in [2.24, 2.45) is 0 Å². The van der Waals surface area contributed by atoms with E-state index < -0.39 is 10.0 Å². The minimum Gasteiger partial charge on any atom is -0.484 e.